The lowest BCUT2D eigenvalue weighted by Gasteiger charge is -2.39. The summed E-state index contributed by atoms with van der Waals surface area (Å²) >= 11 is 0. The van der Waals surface area contributed by atoms with Crippen LogP contribution in [0.2, 0.25) is 0 Å². The summed E-state index contributed by atoms with van der Waals surface area (Å²) in [4.78, 5) is 0. The van der Waals surface area contributed by atoms with Gasteiger partial charge in [0.25, 0.3) is 0 Å². The first-order valence-electron chi connectivity index (χ1n) is 6.23. The van der Waals surface area contributed by atoms with E-state index in [0.29, 0.717) is 0 Å². The van der Waals surface area contributed by atoms with E-state index in [4.69, 9.17) is 19.7 Å². The molecular weight excluding hydrogens is 268 g/mol. The molecule has 112 valence electrons. The van der Waals surface area contributed by atoms with Crippen molar-refractivity contribution >= 4 is 0 Å². The molecule has 1 aromatic carbocycles. The smallest absolute Gasteiger partial charge is 0.187 e. The minimum Gasteiger partial charge on any atom is -0.508 e. The first kappa shape index (κ1) is 15.2. The Labute approximate surface area is 115 Å². The van der Waals surface area contributed by atoms with Crippen molar-refractivity contribution in [3.8, 4) is 5.75 Å². The molecule has 5 N–H and O–H groups in total. The Hall–Kier alpha value is -1.22. The average Bonchev–Trinajstić information content (AvgIpc) is 2.46. The fourth-order valence-corrected chi connectivity index (χ4v) is 1.98. The molecule has 7 nitrogen and oxygen atoms in total. The van der Waals surface area contributed by atoms with Crippen molar-refractivity contribution in [1.82, 2.24) is 0 Å². The molecule has 5 atom stereocenters. The number of hydrogen-bond donors (Lipinski definition) is 5. The SMILES string of the molecule is OC[C@H]1O[C@@H](OCc2ccc(O)cc2)[C@H](O)[C@@H](O)[C@@H]1O. The zero-order chi connectivity index (χ0) is 14.7. The van der Waals surface area contributed by atoms with E-state index in [2.05, 4.69) is 0 Å². The van der Waals surface area contributed by atoms with Crippen LogP contribution in [-0.4, -0.2) is 62.8 Å². The van der Waals surface area contributed by atoms with E-state index in [0.717, 1.165) is 5.56 Å². The van der Waals surface area contributed by atoms with Crippen LogP contribution < -0.4 is 0 Å². The van der Waals surface area contributed by atoms with Crippen LogP contribution in [0.5, 0.6) is 5.75 Å². The highest BCUT2D eigenvalue weighted by atomic mass is 16.7. The second-order valence-corrected chi connectivity index (χ2v) is 4.67. The molecule has 0 aliphatic carbocycles. The highest BCUT2D eigenvalue weighted by molar-refractivity contribution is 5.25. The lowest BCUT2D eigenvalue weighted by Crippen LogP contribution is -2.59. The summed E-state index contributed by atoms with van der Waals surface area (Å²) in [5, 5.41) is 47.2. The summed E-state index contributed by atoms with van der Waals surface area (Å²) in [6.45, 7) is -0.410. The quantitative estimate of drug-likeness (QED) is 0.467. The molecule has 0 unspecified atom stereocenters. The molecule has 20 heavy (non-hydrogen) atoms. The highest BCUT2D eigenvalue weighted by Gasteiger charge is 2.43. The first-order valence-corrected chi connectivity index (χ1v) is 6.23. The fraction of sp³-hybridized carbons (Fsp3) is 0.538. The van der Waals surface area contributed by atoms with E-state index >= 15 is 0 Å². The monoisotopic (exact) mass is 286 g/mol. The number of hydrogen-bond acceptors (Lipinski definition) is 7. The van der Waals surface area contributed by atoms with Gasteiger partial charge in [0.05, 0.1) is 13.2 Å². The Morgan fingerprint density at radius 3 is 2.25 bits per heavy atom. The van der Waals surface area contributed by atoms with Crippen LogP contribution in [0.25, 0.3) is 0 Å². The van der Waals surface area contributed by atoms with Gasteiger partial charge in [0.2, 0.25) is 0 Å². The van der Waals surface area contributed by atoms with Crippen molar-refractivity contribution in [3.63, 3.8) is 0 Å². The van der Waals surface area contributed by atoms with Gasteiger partial charge in [0.1, 0.15) is 30.2 Å². The normalized spacial score (nSPS) is 34.1. The third-order valence-corrected chi connectivity index (χ3v) is 3.20. The molecule has 7 heteroatoms. The average molecular weight is 286 g/mol. The second kappa shape index (κ2) is 6.49. The number of benzene rings is 1. The predicted octanol–water partition coefficient (Wildman–Crippen LogP) is -1.29. The Morgan fingerprint density at radius 2 is 1.65 bits per heavy atom. The molecule has 0 amide bonds. The number of aliphatic hydroxyl groups excluding tert-OH is 4. The van der Waals surface area contributed by atoms with E-state index in [1.165, 1.54) is 12.1 Å². The zero-order valence-electron chi connectivity index (χ0n) is 10.7. The van der Waals surface area contributed by atoms with Gasteiger partial charge >= 0.3 is 0 Å². The maximum Gasteiger partial charge on any atom is 0.187 e. The minimum atomic E-state index is -1.45. The van der Waals surface area contributed by atoms with Crippen LogP contribution in [0, 0.1) is 0 Å². The van der Waals surface area contributed by atoms with Gasteiger partial charge in [-0.15, -0.1) is 0 Å². The number of rotatable bonds is 4. The molecule has 1 heterocycles. The van der Waals surface area contributed by atoms with Crippen LogP contribution >= 0.6 is 0 Å². The van der Waals surface area contributed by atoms with Crippen molar-refractivity contribution in [2.45, 2.75) is 37.3 Å². The lowest BCUT2D eigenvalue weighted by atomic mass is 9.99. The number of ether oxygens (including phenoxy) is 2. The number of phenolic OH excluding ortho intramolecular Hbond substituents is 1. The summed E-state index contributed by atoms with van der Waals surface area (Å²) in [6.07, 6.45) is -6.41. The van der Waals surface area contributed by atoms with Crippen LogP contribution in [0.15, 0.2) is 24.3 Å². The largest absolute Gasteiger partial charge is 0.508 e. The molecule has 0 aromatic heterocycles. The van der Waals surface area contributed by atoms with Crippen LogP contribution in [0.4, 0.5) is 0 Å². The van der Waals surface area contributed by atoms with Crippen LogP contribution in [0.3, 0.4) is 0 Å². The standard InChI is InChI=1S/C13H18O7/c14-5-9-10(16)11(17)12(18)13(20-9)19-6-7-1-3-8(15)4-2-7/h1-4,9-18H,5-6H2/t9-,10-,11+,12-,13-/m1/s1. The fourth-order valence-electron chi connectivity index (χ4n) is 1.98. The van der Waals surface area contributed by atoms with E-state index in [9.17, 15) is 15.3 Å². The van der Waals surface area contributed by atoms with E-state index in [1.54, 1.807) is 12.1 Å². The minimum absolute atomic E-state index is 0.0863. The number of aliphatic hydroxyl groups is 4. The lowest BCUT2D eigenvalue weighted by molar-refractivity contribution is -0.304. The molecule has 0 saturated carbocycles. The maximum atomic E-state index is 9.76. The van der Waals surface area contributed by atoms with E-state index in [-0.39, 0.29) is 12.4 Å². The summed E-state index contributed by atoms with van der Waals surface area (Å²) in [5.74, 6) is 0.126. The molecule has 0 radical (unpaired) electrons. The Morgan fingerprint density at radius 1 is 1.00 bits per heavy atom. The van der Waals surface area contributed by atoms with Crippen LogP contribution in [0.1, 0.15) is 5.56 Å². The molecule has 1 aromatic rings. The molecule has 0 bridgehead atoms. The van der Waals surface area contributed by atoms with Crippen molar-refractivity contribution < 1.29 is 35.0 Å². The predicted molar refractivity (Wildman–Crippen MR) is 66.7 cm³/mol. The number of aromatic hydroxyl groups is 1. The zero-order valence-corrected chi connectivity index (χ0v) is 10.7. The third kappa shape index (κ3) is 3.26. The topological polar surface area (TPSA) is 120 Å². The molecular formula is C13H18O7. The van der Waals surface area contributed by atoms with Gasteiger partial charge < -0.3 is 35.0 Å². The van der Waals surface area contributed by atoms with Crippen molar-refractivity contribution in [2.75, 3.05) is 6.61 Å². The van der Waals surface area contributed by atoms with Crippen LogP contribution in [-0.2, 0) is 16.1 Å². The summed E-state index contributed by atoms with van der Waals surface area (Å²) in [6, 6.07) is 6.26. The second-order valence-electron chi connectivity index (χ2n) is 4.67. The molecule has 2 rings (SSSR count). The Balaban J connectivity index is 1.95. The molecule has 1 aliphatic rings. The van der Waals surface area contributed by atoms with Crippen molar-refractivity contribution in [1.29, 1.82) is 0 Å². The number of phenols is 1. The first-order chi connectivity index (χ1) is 9.52. The Kier molecular flexibility index (Phi) is 4.92. The van der Waals surface area contributed by atoms with Gasteiger partial charge in [0.15, 0.2) is 6.29 Å². The van der Waals surface area contributed by atoms with Crippen molar-refractivity contribution in [2.24, 2.45) is 0 Å². The molecule has 1 fully saturated rings. The molecule has 0 spiro atoms. The van der Waals surface area contributed by atoms with Crippen molar-refractivity contribution in [3.05, 3.63) is 29.8 Å². The van der Waals surface area contributed by atoms with Gasteiger partial charge in [0, 0.05) is 0 Å². The van der Waals surface area contributed by atoms with E-state index < -0.39 is 37.3 Å². The van der Waals surface area contributed by atoms with Gasteiger partial charge in [-0.2, -0.15) is 0 Å². The van der Waals surface area contributed by atoms with Gasteiger partial charge in [-0.05, 0) is 17.7 Å². The third-order valence-electron chi connectivity index (χ3n) is 3.20. The molecule has 1 saturated heterocycles. The van der Waals surface area contributed by atoms with Gasteiger partial charge in [-0.3, -0.25) is 0 Å². The Bertz CT molecular complexity index is 419. The summed E-state index contributed by atoms with van der Waals surface area (Å²) in [5.41, 5.74) is 0.736. The summed E-state index contributed by atoms with van der Waals surface area (Å²) < 4.78 is 10.5. The summed E-state index contributed by atoms with van der Waals surface area (Å²) in [7, 11) is 0. The molecule has 1 aliphatic heterocycles. The van der Waals surface area contributed by atoms with E-state index in [1.807, 2.05) is 0 Å². The highest BCUT2D eigenvalue weighted by Crippen LogP contribution is 2.23. The van der Waals surface area contributed by atoms with Gasteiger partial charge in [-0.25, -0.2) is 0 Å². The van der Waals surface area contributed by atoms with Gasteiger partial charge in [-0.1, -0.05) is 12.1 Å². The maximum absolute atomic E-state index is 9.76.